The molecule has 0 saturated carbocycles. The van der Waals surface area contributed by atoms with Crippen molar-refractivity contribution in [3.05, 3.63) is 389 Å². The fourth-order valence-corrected chi connectivity index (χ4v) is 14.8. The van der Waals surface area contributed by atoms with Gasteiger partial charge in [0.25, 0.3) is 0 Å². The molecule has 0 bridgehead atoms. The van der Waals surface area contributed by atoms with E-state index in [0.29, 0.717) is 23.0 Å². The predicted molar refractivity (Wildman–Crippen MR) is 373 cm³/mol. The Morgan fingerprint density at radius 2 is 0.720 bits per heavy atom. The molecule has 0 amide bonds. The van der Waals surface area contributed by atoms with Gasteiger partial charge in [-0.2, -0.15) is 0 Å². The zero-order valence-corrected chi connectivity index (χ0v) is 51.3. The van der Waals surface area contributed by atoms with Crippen LogP contribution in [-0.2, 0) is 16.2 Å². The second kappa shape index (κ2) is 22.4. The molecule has 0 spiro atoms. The van der Waals surface area contributed by atoms with Gasteiger partial charge in [-0.1, -0.05) is 209 Å². The highest BCUT2D eigenvalue weighted by Crippen LogP contribution is 2.60. The number of fused-ring (bicyclic) bond motifs is 8. The van der Waals surface area contributed by atoms with Crippen LogP contribution in [0.3, 0.4) is 0 Å². The molecular weight excluding hydrogens is 1140 g/mol. The van der Waals surface area contributed by atoms with Crippen molar-refractivity contribution >= 4 is 29.2 Å². The summed E-state index contributed by atoms with van der Waals surface area (Å²) in [6, 6.07) is 101. The number of hydrogen-bond donors (Lipinski definition) is 0. The first kappa shape index (κ1) is 56.6. The fourth-order valence-electron chi connectivity index (χ4n) is 14.8. The molecule has 3 aliphatic rings. The molecule has 0 fully saturated rings. The number of nitrogens with zero attached hydrogens (tertiary/aromatic N) is 1. The molecule has 1 heterocycles. The van der Waals surface area contributed by atoms with E-state index in [-0.39, 0.29) is 17.0 Å². The predicted octanol–water partition coefficient (Wildman–Crippen LogP) is 23.1. The molecule has 6 heteroatoms. The van der Waals surface area contributed by atoms with Crippen LogP contribution in [0.5, 0.6) is 34.5 Å². The van der Waals surface area contributed by atoms with Crippen LogP contribution in [0.15, 0.2) is 310 Å². The highest BCUT2D eigenvalue weighted by Gasteiger charge is 2.49. The minimum Gasteiger partial charge on any atom is -0.457 e. The molecule has 0 N–H and O–H groups in total. The molecule has 0 radical (unpaired) electrons. The summed E-state index contributed by atoms with van der Waals surface area (Å²) in [4.78, 5) is 2.37. The fraction of sp³-hybridized carbons (Fsp3) is 0.0575. The maximum absolute atomic E-state index is 15.4. The maximum atomic E-state index is 15.4. The second-order valence-corrected chi connectivity index (χ2v) is 24.7. The van der Waals surface area contributed by atoms with Gasteiger partial charge in [-0.15, -0.1) is 0 Å². The first-order chi connectivity index (χ1) is 45.5. The Bertz CT molecular complexity index is 4830. The number of para-hydroxylation sites is 1. The van der Waals surface area contributed by atoms with Gasteiger partial charge in [-0.3, -0.25) is 0 Å². The van der Waals surface area contributed by atoms with Crippen molar-refractivity contribution in [1.29, 1.82) is 0 Å². The number of ether oxygens (including phenoxy) is 3. The lowest BCUT2D eigenvalue weighted by Crippen LogP contribution is -2.29. The van der Waals surface area contributed by atoms with Gasteiger partial charge < -0.3 is 19.1 Å². The Labute approximate surface area is 540 Å². The van der Waals surface area contributed by atoms with E-state index in [1.54, 1.807) is 24.3 Å². The number of hydrogen-bond acceptors (Lipinski definition) is 4. The minimum absolute atomic E-state index is 0.319. The van der Waals surface area contributed by atoms with Crippen LogP contribution in [-0.4, -0.2) is 0 Å². The van der Waals surface area contributed by atoms with Crippen LogP contribution < -0.4 is 19.1 Å². The highest BCUT2D eigenvalue weighted by atomic mass is 19.1. The first-order valence-corrected chi connectivity index (χ1v) is 31.4. The van der Waals surface area contributed by atoms with Gasteiger partial charge in [0.1, 0.15) is 46.1 Å². The van der Waals surface area contributed by atoms with E-state index >= 15 is 8.78 Å². The minimum atomic E-state index is -0.924. The van der Waals surface area contributed by atoms with E-state index < -0.39 is 10.8 Å². The number of rotatable bonds is 14. The van der Waals surface area contributed by atoms with Crippen LogP contribution in [0.25, 0.3) is 45.5 Å². The number of anilines is 3. The lowest BCUT2D eigenvalue weighted by Gasteiger charge is -2.36. The van der Waals surface area contributed by atoms with E-state index in [1.165, 1.54) is 0 Å². The lowest BCUT2D eigenvalue weighted by molar-refractivity contribution is 0.418. The van der Waals surface area contributed by atoms with Crippen molar-refractivity contribution in [2.24, 2.45) is 0 Å². The van der Waals surface area contributed by atoms with E-state index in [1.807, 2.05) is 121 Å². The first-order valence-electron chi connectivity index (χ1n) is 31.4. The van der Waals surface area contributed by atoms with E-state index in [0.717, 1.165) is 129 Å². The van der Waals surface area contributed by atoms with Gasteiger partial charge in [0.15, 0.2) is 0 Å². The Hall–Kier alpha value is -11.6. The van der Waals surface area contributed by atoms with Crippen molar-refractivity contribution in [2.45, 2.75) is 30.1 Å². The number of halogens is 2. The van der Waals surface area contributed by atoms with Gasteiger partial charge in [0.2, 0.25) is 0 Å². The van der Waals surface area contributed by atoms with Gasteiger partial charge in [-0.25, -0.2) is 8.78 Å². The third-order valence-corrected chi connectivity index (χ3v) is 19.3. The molecule has 13 aromatic carbocycles. The highest BCUT2D eigenvalue weighted by molar-refractivity contribution is 5.93. The van der Waals surface area contributed by atoms with Crippen LogP contribution in [0.2, 0.25) is 0 Å². The molecule has 16 rings (SSSR count). The summed E-state index contributed by atoms with van der Waals surface area (Å²) >= 11 is 0. The molecule has 4 nitrogen and oxygen atoms in total. The Morgan fingerprint density at radius 1 is 0.333 bits per heavy atom. The summed E-state index contributed by atoms with van der Waals surface area (Å²) in [5, 5.41) is 0. The Morgan fingerprint density at radius 3 is 1.19 bits per heavy atom. The average Bonchev–Trinajstić information content (AvgIpc) is 1.56. The molecule has 93 heavy (non-hydrogen) atoms. The van der Waals surface area contributed by atoms with Gasteiger partial charge in [-0.05, 0) is 216 Å². The molecular formula is C87H61F2NO3. The van der Waals surface area contributed by atoms with E-state index in [4.69, 9.17) is 14.2 Å². The zero-order valence-electron chi connectivity index (χ0n) is 51.3. The molecule has 13 aromatic rings. The van der Waals surface area contributed by atoms with E-state index in [2.05, 4.69) is 196 Å². The molecule has 1 aliphatic heterocycles. The summed E-state index contributed by atoms with van der Waals surface area (Å²) in [5.41, 5.74) is 19.2. The van der Waals surface area contributed by atoms with Crippen LogP contribution in [0, 0.1) is 11.6 Å². The largest absolute Gasteiger partial charge is 0.457 e. The summed E-state index contributed by atoms with van der Waals surface area (Å²) < 4.78 is 50.4. The van der Waals surface area contributed by atoms with Gasteiger partial charge in [0.05, 0.1) is 10.8 Å². The third kappa shape index (κ3) is 9.31. The van der Waals surface area contributed by atoms with Gasteiger partial charge in [0, 0.05) is 33.6 Å². The van der Waals surface area contributed by atoms with Crippen LogP contribution in [0.4, 0.5) is 25.8 Å². The third-order valence-electron chi connectivity index (χ3n) is 19.3. The van der Waals surface area contributed by atoms with Crippen LogP contribution >= 0.6 is 0 Å². The standard InChI is InChI=1S/C87H61F2NO3/c1-5-56-22-41-69(42-23-56)91-71-45-31-62(32-46-71)86(60-27-35-64(88)36-28-60)77-18-9-7-16-73(77)75-49-39-67(54-80(75)86)90(66-15-13-14-58(52-66)59-26-51-84-82(53-59)85(3,4)79-20-11-12-21-83(79)93-84)68-40-50-76-74-17-8-10-19-78(74)87(81(76)55-68,61-29-37-65(89)38-30-61)63-33-47-72(48-34-63)92-70-43-24-57(6-2)25-44-70/h5-55H,1-2H2,3-4H3. The monoisotopic (exact) mass is 1210 g/mol. The topological polar surface area (TPSA) is 30.9 Å². The summed E-state index contributed by atoms with van der Waals surface area (Å²) in [7, 11) is 0. The average molecular weight is 1210 g/mol. The summed E-state index contributed by atoms with van der Waals surface area (Å²) in [6.45, 7) is 12.4. The van der Waals surface area contributed by atoms with Crippen LogP contribution in [0.1, 0.15) is 80.6 Å². The van der Waals surface area contributed by atoms with E-state index in [9.17, 15) is 0 Å². The number of benzene rings is 13. The molecule has 0 aromatic heterocycles. The summed E-state index contributed by atoms with van der Waals surface area (Å²) in [5.74, 6) is 3.86. The van der Waals surface area contributed by atoms with Gasteiger partial charge >= 0.3 is 0 Å². The molecule has 2 unspecified atom stereocenters. The second-order valence-electron chi connectivity index (χ2n) is 24.7. The van der Waals surface area contributed by atoms with Crippen molar-refractivity contribution in [3.63, 3.8) is 0 Å². The molecule has 2 aliphatic carbocycles. The quantitative estimate of drug-likeness (QED) is 0.109. The Balaban J connectivity index is 0.907. The Kier molecular flexibility index (Phi) is 13.6. The summed E-state index contributed by atoms with van der Waals surface area (Å²) in [6.07, 6.45) is 3.63. The SMILES string of the molecule is C=Cc1ccc(Oc2ccc(C3(c4ccc(F)cc4)c4ccccc4-c4ccc(N(c5cccc(-c6ccc7c(c6)C(C)(C)c6ccccc6O7)c5)c5ccc6c(c5)C(c5ccc(F)cc5)(c5ccc(Oc7ccc(C=C)cc7)cc5)c5ccccc5-6)cc43)cc2)cc1. The van der Waals surface area contributed by atoms with Crippen molar-refractivity contribution < 1.29 is 23.0 Å². The maximum Gasteiger partial charge on any atom is 0.131 e. The zero-order chi connectivity index (χ0) is 63.0. The smallest absolute Gasteiger partial charge is 0.131 e. The van der Waals surface area contributed by atoms with Crippen molar-refractivity contribution in [1.82, 2.24) is 0 Å². The van der Waals surface area contributed by atoms with Crippen molar-refractivity contribution in [2.75, 3.05) is 4.90 Å². The van der Waals surface area contributed by atoms with Crippen molar-refractivity contribution in [3.8, 4) is 67.9 Å². The molecule has 0 saturated heterocycles. The molecule has 446 valence electrons. The normalized spacial score (nSPS) is 15.9. The lowest BCUT2D eigenvalue weighted by atomic mass is 9.67. The molecule has 2 atom stereocenters.